The number of rotatable bonds is 6. The Morgan fingerprint density at radius 2 is 2.00 bits per heavy atom. The van der Waals surface area contributed by atoms with E-state index in [1.165, 1.54) is 27.9 Å². The Hall–Kier alpha value is -1.67. The summed E-state index contributed by atoms with van der Waals surface area (Å²) < 4.78 is 27.2. The van der Waals surface area contributed by atoms with Crippen molar-refractivity contribution in [3.8, 4) is 0 Å². The maximum absolute atomic E-state index is 12.9. The van der Waals surface area contributed by atoms with E-state index < -0.39 is 46.2 Å². The zero-order chi connectivity index (χ0) is 23.5. The highest BCUT2D eigenvalue weighted by Crippen LogP contribution is 2.51. The molecule has 0 spiro atoms. The molecule has 0 radical (unpaired) electrons. The number of carboxylic acids is 1. The lowest BCUT2D eigenvalue weighted by Crippen LogP contribution is -2.63. The minimum atomic E-state index is -3.79. The van der Waals surface area contributed by atoms with Crippen LogP contribution in [0.4, 0.5) is 0 Å². The van der Waals surface area contributed by atoms with Crippen LogP contribution in [0.1, 0.15) is 27.2 Å². The van der Waals surface area contributed by atoms with Crippen molar-refractivity contribution in [2.75, 3.05) is 26.2 Å². The number of likely N-dealkylation sites (N-methyl/N-ethyl adjacent to an activating group) is 1. The number of nitrogens with zero attached hydrogens (tertiary/aromatic N) is 3. The minimum Gasteiger partial charge on any atom is -0.477 e. The molecular formula is C19H28N4O7S2. The summed E-state index contributed by atoms with van der Waals surface area (Å²) >= 11 is 1.32. The Bertz CT molecular complexity index is 982. The van der Waals surface area contributed by atoms with Crippen LogP contribution >= 0.6 is 11.8 Å². The van der Waals surface area contributed by atoms with Gasteiger partial charge >= 0.3 is 16.2 Å². The summed E-state index contributed by atoms with van der Waals surface area (Å²) in [5.74, 6) is -2.96. The summed E-state index contributed by atoms with van der Waals surface area (Å²) in [6, 6.07) is -1.06. The van der Waals surface area contributed by atoms with Crippen LogP contribution in [0.25, 0.3) is 0 Å². The number of aliphatic hydroxyl groups is 1. The zero-order valence-corrected chi connectivity index (χ0v) is 19.7. The number of thioether (sulfide) groups is 1. The van der Waals surface area contributed by atoms with Crippen LogP contribution in [0.3, 0.4) is 0 Å². The number of aliphatic carboxylic acids is 1. The van der Waals surface area contributed by atoms with Crippen LogP contribution in [0.15, 0.2) is 10.6 Å². The quantitative estimate of drug-likeness (QED) is 0.401. The number of β-lactam (4-membered cyclic amide) rings is 1. The van der Waals surface area contributed by atoms with Crippen LogP contribution < -0.4 is 5.32 Å². The number of carbonyl (C=O) groups excluding carboxylic acids is 2. The van der Waals surface area contributed by atoms with Gasteiger partial charge in [-0.15, -0.1) is 11.8 Å². The maximum atomic E-state index is 12.9. The Labute approximate surface area is 191 Å². The Balaban J connectivity index is 1.47. The van der Waals surface area contributed by atoms with Gasteiger partial charge in [0.05, 0.1) is 30.7 Å². The minimum absolute atomic E-state index is 0.0510. The van der Waals surface area contributed by atoms with Crippen molar-refractivity contribution < 1.29 is 33.0 Å². The maximum Gasteiger partial charge on any atom is 0.353 e. The largest absolute Gasteiger partial charge is 0.477 e. The van der Waals surface area contributed by atoms with Gasteiger partial charge < -0.3 is 20.4 Å². The molecule has 1 unspecified atom stereocenters. The molecule has 0 aliphatic carbocycles. The highest BCUT2D eigenvalue weighted by Gasteiger charge is 2.60. The van der Waals surface area contributed by atoms with Gasteiger partial charge in [0.25, 0.3) is 5.91 Å². The highest BCUT2D eigenvalue weighted by molar-refractivity contribution is 8.03. The second-order valence-electron chi connectivity index (χ2n) is 8.62. The first kappa shape index (κ1) is 23.5. The molecule has 4 aliphatic rings. The van der Waals surface area contributed by atoms with Gasteiger partial charge in [-0.3, -0.25) is 9.59 Å². The van der Waals surface area contributed by atoms with Crippen LogP contribution in [0, 0.1) is 11.8 Å². The van der Waals surface area contributed by atoms with E-state index in [1.54, 1.807) is 6.92 Å². The molecule has 178 valence electrons. The van der Waals surface area contributed by atoms with Crippen molar-refractivity contribution in [2.45, 2.75) is 50.6 Å². The smallest absolute Gasteiger partial charge is 0.353 e. The lowest BCUT2D eigenvalue weighted by Gasteiger charge is -2.46. The van der Waals surface area contributed by atoms with E-state index in [2.05, 4.69) is 5.32 Å². The molecule has 4 rings (SSSR count). The predicted octanol–water partition coefficient (Wildman–Crippen LogP) is -0.987. The summed E-state index contributed by atoms with van der Waals surface area (Å²) in [4.78, 5) is 39.1. The van der Waals surface area contributed by atoms with Crippen molar-refractivity contribution in [3.63, 3.8) is 0 Å². The molecule has 13 heteroatoms. The van der Waals surface area contributed by atoms with Gasteiger partial charge in [-0.05, 0) is 13.3 Å². The van der Waals surface area contributed by atoms with Crippen molar-refractivity contribution in [1.29, 1.82) is 0 Å². The molecule has 0 saturated carbocycles. The second-order valence-corrected chi connectivity index (χ2v) is 11.8. The van der Waals surface area contributed by atoms with Crippen molar-refractivity contribution >= 4 is 39.8 Å². The molecule has 0 aromatic heterocycles. The first-order chi connectivity index (χ1) is 15.0. The molecule has 3 fully saturated rings. The molecule has 4 aliphatic heterocycles. The lowest BCUT2D eigenvalue weighted by molar-refractivity contribution is -0.163. The van der Waals surface area contributed by atoms with E-state index >= 15 is 0 Å². The first-order valence-corrected chi connectivity index (χ1v) is 13.0. The molecule has 11 nitrogen and oxygen atoms in total. The van der Waals surface area contributed by atoms with E-state index in [4.69, 9.17) is 0 Å². The van der Waals surface area contributed by atoms with Crippen LogP contribution in [-0.2, 0) is 24.6 Å². The number of carbonyl (C=O) groups is 3. The van der Waals surface area contributed by atoms with E-state index in [-0.39, 0.29) is 35.9 Å². The van der Waals surface area contributed by atoms with Gasteiger partial charge in [-0.1, -0.05) is 13.8 Å². The van der Waals surface area contributed by atoms with Gasteiger partial charge in [0.15, 0.2) is 0 Å². The lowest BCUT2D eigenvalue weighted by atomic mass is 9.79. The van der Waals surface area contributed by atoms with Gasteiger partial charge in [0.2, 0.25) is 5.91 Å². The van der Waals surface area contributed by atoms with Crippen LogP contribution in [0.2, 0.25) is 0 Å². The Morgan fingerprint density at radius 3 is 2.56 bits per heavy atom. The molecule has 0 aromatic carbocycles. The van der Waals surface area contributed by atoms with Crippen molar-refractivity contribution in [1.82, 2.24) is 18.8 Å². The van der Waals surface area contributed by atoms with Gasteiger partial charge in [0, 0.05) is 35.7 Å². The normalized spacial score (nSPS) is 35.2. The van der Waals surface area contributed by atoms with Gasteiger partial charge in [-0.25, -0.2) is 9.10 Å². The molecule has 3 saturated heterocycles. The fraction of sp³-hybridized carbons (Fsp3) is 0.737. The van der Waals surface area contributed by atoms with Crippen LogP contribution in [0.5, 0.6) is 0 Å². The molecule has 6 atom stereocenters. The van der Waals surface area contributed by atoms with E-state index in [0.717, 1.165) is 4.31 Å². The number of fused-ring (bicyclic) bond motifs is 1. The number of hydrogen-bond donors (Lipinski definition) is 3. The summed E-state index contributed by atoms with van der Waals surface area (Å²) in [7, 11) is -3.79. The van der Waals surface area contributed by atoms with E-state index in [9.17, 15) is 33.0 Å². The zero-order valence-electron chi connectivity index (χ0n) is 18.1. The highest BCUT2D eigenvalue weighted by atomic mass is 32.2. The third-order valence-corrected chi connectivity index (χ3v) is 10.3. The fourth-order valence-corrected chi connectivity index (χ4v) is 8.19. The number of nitrogens with one attached hydrogen (secondary N) is 1. The summed E-state index contributed by atoms with van der Waals surface area (Å²) in [6.45, 7) is 6.21. The standard InChI is InChI=1S/C19H28N4O7S2/c1-4-21-5-6-22(32(21,29)30)17(25)12-7-11(8-20-12)31-16-9(2)14-13(10(3)24)18(26)23(14)15(16)19(27)28/h9-14,20,24H,4-8H2,1-3H3,(H,27,28)/t9-,10-,11+,12+,13-,14?/m1/s1. The van der Waals surface area contributed by atoms with Crippen LogP contribution in [-0.4, -0.2) is 99.5 Å². The average molecular weight is 489 g/mol. The molecule has 32 heavy (non-hydrogen) atoms. The fourth-order valence-electron chi connectivity index (χ4n) is 5.13. The number of hydrogen-bond acceptors (Lipinski definition) is 8. The van der Waals surface area contributed by atoms with E-state index in [0.29, 0.717) is 24.4 Å². The summed E-state index contributed by atoms with van der Waals surface area (Å²) in [6.07, 6.45) is -0.519. The van der Waals surface area contributed by atoms with E-state index in [1.807, 2.05) is 6.92 Å². The topological polar surface area (TPSA) is 148 Å². The predicted molar refractivity (Wildman–Crippen MR) is 115 cm³/mol. The monoisotopic (exact) mass is 488 g/mol. The molecule has 2 amide bonds. The third kappa shape index (κ3) is 3.45. The molecule has 0 bridgehead atoms. The third-order valence-electron chi connectivity index (χ3n) is 6.75. The van der Waals surface area contributed by atoms with Crippen molar-refractivity contribution in [3.05, 3.63) is 10.6 Å². The summed E-state index contributed by atoms with van der Waals surface area (Å²) in [5.41, 5.74) is -0.0510. The Morgan fingerprint density at radius 1 is 1.31 bits per heavy atom. The second kappa shape index (κ2) is 8.28. The number of aliphatic hydroxyl groups excluding tert-OH is 1. The van der Waals surface area contributed by atoms with Gasteiger partial charge in [0.1, 0.15) is 5.70 Å². The van der Waals surface area contributed by atoms with Gasteiger partial charge in [-0.2, -0.15) is 12.7 Å². The summed E-state index contributed by atoms with van der Waals surface area (Å²) in [5, 5.41) is 22.6. The molecule has 3 N–H and O–H groups in total. The SMILES string of the molecule is CCN1CCN(C(=O)[C@@H]2C[C@H](SC3=C(C(=O)O)N4C(=O)[C@H]([C@@H](C)O)C4[C@H]3C)CN2)S1(=O)=O. The average Bonchev–Trinajstić information content (AvgIpc) is 3.35. The number of amides is 2. The molecule has 0 aromatic rings. The molecular weight excluding hydrogens is 460 g/mol. The number of carboxylic acid groups (broad SMARTS) is 1. The first-order valence-electron chi connectivity index (χ1n) is 10.7. The Kier molecular flexibility index (Phi) is 6.07. The molecule has 4 heterocycles. The van der Waals surface area contributed by atoms with Crippen molar-refractivity contribution in [2.24, 2.45) is 11.8 Å².